The summed E-state index contributed by atoms with van der Waals surface area (Å²) in [5, 5.41) is 17.7. The molecule has 0 saturated heterocycles. The number of alkyl halides is 3. The first-order chi connectivity index (χ1) is 25.3. The molecule has 1 aromatic carbocycles. The van der Waals surface area contributed by atoms with E-state index in [0.717, 1.165) is 30.2 Å². The molecule has 4 aliphatic rings. The Balaban J connectivity index is 1.19. The molecule has 0 spiro atoms. The van der Waals surface area contributed by atoms with Crippen molar-refractivity contribution in [2.24, 2.45) is 17.8 Å². The number of aromatic hydroxyl groups is 1. The summed E-state index contributed by atoms with van der Waals surface area (Å²) in [6.45, 7) is 6.44. The van der Waals surface area contributed by atoms with Gasteiger partial charge in [0.1, 0.15) is 12.9 Å². The molecule has 8 rings (SSSR count). The van der Waals surface area contributed by atoms with Crippen molar-refractivity contribution < 1.29 is 32.6 Å². The van der Waals surface area contributed by atoms with Gasteiger partial charge < -0.3 is 24.6 Å². The zero-order chi connectivity index (χ0) is 37.5. The van der Waals surface area contributed by atoms with E-state index in [0.29, 0.717) is 55.4 Å². The molecule has 4 heterocycles. The molecule has 3 aliphatic carbocycles. The molecule has 2 amide bonds. The molecule has 2 saturated carbocycles. The molecule has 13 nitrogen and oxygen atoms in total. The van der Waals surface area contributed by atoms with Crippen LogP contribution in [0.25, 0.3) is 11.4 Å². The van der Waals surface area contributed by atoms with Crippen molar-refractivity contribution in [1.82, 2.24) is 34.0 Å². The fourth-order valence-electron chi connectivity index (χ4n) is 8.68. The molecule has 53 heavy (non-hydrogen) atoms. The van der Waals surface area contributed by atoms with Gasteiger partial charge in [0.25, 0.3) is 11.5 Å². The molecule has 17 heteroatoms. The number of benzene rings is 1. The van der Waals surface area contributed by atoms with E-state index < -0.39 is 23.6 Å². The highest BCUT2D eigenvalue weighted by Gasteiger charge is 2.65. The van der Waals surface area contributed by atoms with Gasteiger partial charge in [0.05, 0.1) is 35.2 Å². The smallest absolute Gasteiger partial charge is 0.416 e. The molecule has 0 bridgehead atoms. The van der Waals surface area contributed by atoms with Gasteiger partial charge in [-0.05, 0) is 80.6 Å². The van der Waals surface area contributed by atoms with E-state index in [2.05, 4.69) is 27.3 Å². The van der Waals surface area contributed by atoms with E-state index in [1.54, 1.807) is 16.4 Å². The standard InChI is InChI=1S/C36H36ClF3N8O5/c1-4-46(34(52)29-31(50)17(3)41-15-42-29)23-8-6-20(23)27-25-16(2)26(25)30-28(27)33(51)48-35(44-32(45-48)18-9-11-53-12-10-18)47(30)14-24(49)43-22-7-5-19(13-21(22)37)36(38,39)40/h5,7,9,13,15-16,20,23,25-27,50H,4,6,8,10-12,14H2,1-3H3,(H,43,49). The number of ether oxygens (including phenoxy) is 1. The van der Waals surface area contributed by atoms with Crippen LogP contribution >= 0.6 is 11.6 Å². The maximum Gasteiger partial charge on any atom is 0.416 e. The van der Waals surface area contributed by atoms with Gasteiger partial charge in [-0.1, -0.05) is 24.6 Å². The summed E-state index contributed by atoms with van der Waals surface area (Å²) >= 11 is 6.18. The maximum absolute atomic E-state index is 14.6. The lowest BCUT2D eigenvalue weighted by Crippen LogP contribution is -2.52. The normalized spacial score (nSPS) is 24.6. The minimum absolute atomic E-state index is 0.00925. The summed E-state index contributed by atoms with van der Waals surface area (Å²) in [5.41, 5.74) is 0.968. The number of halogens is 4. The third kappa shape index (κ3) is 5.77. The Morgan fingerprint density at radius 3 is 2.64 bits per heavy atom. The lowest BCUT2D eigenvalue weighted by molar-refractivity contribution is -0.137. The molecule has 3 aromatic heterocycles. The second-order valence-corrected chi connectivity index (χ2v) is 14.6. The molecule has 1 aliphatic heterocycles. The zero-order valence-electron chi connectivity index (χ0n) is 29.0. The number of carbonyl (C=O) groups is 2. The number of anilines is 1. The van der Waals surface area contributed by atoms with Crippen molar-refractivity contribution in [3.8, 4) is 5.75 Å². The SMILES string of the molecule is CCN(C(=O)c1ncnc(C)c1O)C1CCC1C1c2c(n(CC(=O)Nc3ccc(C(F)(F)F)cc3Cl)c3nc(C4=CCOCC4)nn3c2=O)C2C(C)C21. The maximum atomic E-state index is 14.6. The topological polar surface area (TPSA) is 157 Å². The molecule has 2 N–H and O–H groups in total. The number of aromatic nitrogens is 6. The highest BCUT2D eigenvalue weighted by Crippen LogP contribution is 2.70. The van der Waals surface area contributed by atoms with Crippen molar-refractivity contribution in [3.05, 3.63) is 80.0 Å². The Bertz CT molecular complexity index is 2270. The number of aryl methyl sites for hydroxylation is 1. The highest BCUT2D eigenvalue weighted by molar-refractivity contribution is 6.33. The predicted molar refractivity (Wildman–Crippen MR) is 186 cm³/mol. The first-order valence-electron chi connectivity index (χ1n) is 17.6. The van der Waals surface area contributed by atoms with Gasteiger partial charge in [0, 0.05) is 29.8 Å². The monoisotopic (exact) mass is 752 g/mol. The largest absolute Gasteiger partial charge is 0.504 e. The highest BCUT2D eigenvalue weighted by atomic mass is 35.5. The molecule has 2 fully saturated rings. The molecule has 0 radical (unpaired) electrons. The zero-order valence-corrected chi connectivity index (χ0v) is 29.8. The molecule has 6 unspecified atom stereocenters. The lowest BCUT2D eigenvalue weighted by atomic mass is 9.67. The molecular formula is C36H36ClF3N8O5. The van der Waals surface area contributed by atoms with E-state index in [-0.39, 0.29) is 75.7 Å². The lowest BCUT2D eigenvalue weighted by Gasteiger charge is -2.47. The van der Waals surface area contributed by atoms with Crippen LogP contribution in [0, 0.1) is 24.7 Å². The number of fused-ring (bicyclic) bond motifs is 4. The molecule has 4 aromatic rings. The minimum atomic E-state index is -4.61. The third-order valence-corrected chi connectivity index (χ3v) is 11.7. The molecule has 278 valence electrons. The fraction of sp³-hybridized carbons (Fsp3) is 0.472. The quantitative estimate of drug-likeness (QED) is 0.247. The van der Waals surface area contributed by atoms with Crippen LogP contribution in [0.4, 0.5) is 18.9 Å². The summed E-state index contributed by atoms with van der Waals surface area (Å²) in [7, 11) is 0. The van der Waals surface area contributed by atoms with Crippen molar-refractivity contribution in [3.63, 3.8) is 0 Å². The number of amides is 2. The predicted octanol–water partition coefficient (Wildman–Crippen LogP) is 5.20. The summed E-state index contributed by atoms with van der Waals surface area (Å²) < 4.78 is 48.3. The van der Waals surface area contributed by atoms with Crippen LogP contribution in [-0.4, -0.2) is 76.8 Å². The van der Waals surface area contributed by atoms with Crippen LogP contribution in [0.1, 0.15) is 83.8 Å². The summed E-state index contributed by atoms with van der Waals surface area (Å²) in [6.07, 6.45) is 0.482. The fourth-order valence-corrected chi connectivity index (χ4v) is 8.91. The van der Waals surface area contributed by atoms with E-state index >= 15 is 0 Å². The molecule has 6 atom stereocenters. The average molecular weight is 753 g/mol. The van der Waals surface area contributed by atoms with Crippen LogP contribution in [0.3, 0.4) is 0 Å². The van der Waals surface area contributed by atoms with Crippen LogP contribution in [0.15, 0.2) is 35.4 Å². The summed E-state index contributed by atoms with van der Waals surface area (Å²) in [5.74, 6) is -0.933. The van der Waals surface area contributed by atoms with Gasteiger partial charge in [0.2, 0.25) is 11.7 Å². The van der Waals surface area contributed by atoms with Gasteiger partial charge in [0.15, 0.2) is 17.3 Å². The van der Waals surface area contributed by atoms with E-state index in [9.17, 15) is 32.7 Å². The van der Waals surface area contributed by atoms with Crippen LogP contribution in [-0.2, 0) is 22.3 Å². The Kier molecular flexibility index (Phi) is 8.59. The van der Waals surface area contributed by atoms with Crippen LogP contribution in [0.2, 0.25) is 5.02 Å². The van der Waals surface area contributed by atoms with Crippen LogP contribution < -0.4 is 10.9 Å². The Labute approximate surface area is 305 Å². The Morgan fingerprint density at radius 1 is 1.19 bits per heavy atom. The first kappa shape index (κ1) is 35.2. The molecular weight excluding hydrogens is 717 g/mol. The minimum Gasteiger partial charge on any atom is -0.504 e. The number of nitrogens with one attached hydrogen (secondary N) is 1. The number of rotatable bonds is 8. The van der Waals surface area contributed by atoms with Crippen molar-refractivity contribution >= 4 is 40.5 Å². The van der Waals surface area contributed by atoms with Gasteiger partial charge >= 0.3 is 6.18 Å². The number of carbonyl (C=O) groups excluding carboxylic acids is 2. The van der Waals surface area contributed by atoms with E-state index in [1.165, 1.54) is 10.8 Å². The van der Waals surface area contributed by atoms with Gasteiger partial charge in [-0.25, -0.2) is 9.97 Å². The van der Waals surface area contributed by atoms with E-state index in [4.69, 9.17) is 21.3 Å². The number of nitrogens with zero attached hydrogens (tertiary/aromatic N) is 7. The Hall–Kier alpha value is -4.83. The average Bonchev–Trinajstić information content (AvgIpc) is 3.41. The summed E-state index contributed by atoms with van der Waals surface area (Å²) in [4.78, 5) is 56.7. The van der Waals surface area contributed by atoms with Crippen LogP contribution in [0.5, 0.6) is 5.75 Å². The van der Waals surface area contributed by atoms with Crippen molar-refractivity contribution in [2.45, 2.75) is 70.6 Å². The van der Waals surface area contributed by atoms with Gasteiger partial charge in [-0.2, -0.15) is 22.7 Å². The second-order valence-electron chi connectivity index (χ2n) is 14.2. The van der Waals surface area contributed by atoms with E-state index in [1.807, 2.05) is 13.0 Å². The van der Waals surface area contributed by atoms with Crippen molar-refractivity contribution in [2.75, 3.05) is 25.1 Å². The first-order valence-corrected chi connectivity index (χ1v) is 18.0. The van der Waals surface area contributed by atoms with Crippen molar-refractivity contribution in [1.29, 1.82) is 0 Å². The summed E-state index contributed by atoms with van der Waals surface area (Å²) in [6, 6.07) is 2.47. The second kappa shape index (κ2) is 12.9. The number of hydrogen-bond acceptors (Lipinski definition) is 9. The van der Waals surface area contributed by atoms with Gasteiger partial charge in [-0.3, -0.25) is 14.4 Å². The number of hydrogen-bond donors (Lipinski definition) is 2. The van der Waals surface area contributed by atoms with Gasteiger partial charge in [-0.15, -0.1) is 5.10 Å². The third-order valence-electron chi connectivity index (χ3n) is 11.4. The Morgan fingerprint density at radius 2 is 1.98 bits per heavy atom.